The summed E-state index contributed by atoms with van der Waals surface area (Å²) in [5, 5.41) is 8.86. The van der Waals surface area contributed by atoms with Crippen LogP contribution in [0.25, 0.3) is 11.1 Å². The fourth-order valence-electron chi connectivity index (χ4n) is 3.21. The maximum atomic E-state index is 12.6. The maximum absolute atomic E-state index is 12.6. The Hall–Kier alpha value is -2.62. The molecule has 0 radical (unpaired) electrons. The van der Waals surface area contributed by atoms with Crippen LogP contribution in [0.5, 0.6) is 0 Å². The summed E-state index contributed by atoms with van der Waals surface area (Å²) < 4.78 is 0. The number of carbonyl (C=O) groups excluding carboxylic acids is 1. The summed E-state index contributed by atoms with van der Waals surface area (Å²) in [4.78, 5) is 25.2. The second-order valence-corrected chi connectivity index (χ2v) is 6.28. The largest absolute Gasteiger partial charge is 0.481 e. The standard InChI is InChI=1S/C20H21NO3/c22-19(23)14-15-10-12-21(13-11-15)20(24)18-8-6-17(7-9-18)16-4-2-1-3-5-16/h1-9,15H,10-14H2,(H,22,23). The normalized spacial score (nSPS) is 15.2. The molecule has 0 bridgehead atoms. The van der Waals surface area contributed by atoms with Gasteiger partial charge in [0.05, 0.1) is 0 Å². The smallest absolute Gasteiger partial charge is 0.303 e. The quantitative estimate of drug-likeness (QED) is 0.934. The summed E-state index contributed by atoms with van der Waals surface area (Å²) in [5.74, 6) is -0.535. The molecule has 1 fully saturated rings. The third-order valence-electron chi connectivity index (χ3n) is 4.60. The first-order chi connectivity index (χ1) is 11.6. The highest BCUT2D eigenvalue weighted by atomic mass is 16.4. The number of carboxylic acid groups (broad SMARTS) is 1. The monoisotopic (exact) mass is 323 g/mol. The zero-order valence-electron chi connectivity index (χ0n) is 13.5. The summed E-state index contributed by atoms with van der Waals surface area (Å²) in [6, 6.07) is 17.7. The van der Waals surface area contributed by atoms with Gasteiger partial charge in [-0.05, 0) is 42.0 Å². The van der Waals surface area contributed by atoms with E-state index in [0.717, 1.165) is 24.0 Å². The van der Waals surface area contributed by atoms with Crippen molar-refractivity contribution >= 4 is 11.9 Å². The molecule has 24 heavy (non-hydrogen) atoms. The molecule has 1 N–H and O–H groups in total. The van der Waals surface area contributed by atoms with Crippen LogP contribution in [0, 0.1) is 5.92 Å². The van der Waals surface area contributed by atoms with Gasteiger partial charge >= 0.3 is 5.97 Å². The predicted octanol–water partition coefficient (Wildman–Crippen LogP) is 3.68. The molecule has 1 aliphatic heterocycles. The molecule has 4 nitrogen and oxygen atoms in total. The van der Waals surface area contributed by atoms with Crippen LogP contribution in [-0.2, 0) is 4.79 Å². The van der Waals surface area contributed by atoms with E-state index in [4.69, 9.17) is 5.11 Å². The zero-order valence-corrected chi connectivity index (χ0v) is 13.5. The van der Waals surface area contributed by atoms with Gasteiger partial charge in [-0.2, -0.15) is 0 Å². The molecule has 0 aromatic heterocycles. The van der Waals surface area contributed by atoms with E-state index in [-0.39, 0.29) is 18.2 Å². The highest BCUT2D eigenvalue weighted by Gasteiger charge is 2.24. The number of carbonyl (C=O) groups is 2. The van der Waals surface area contributed by atoms with E-state index in [1.54, 1.807) is 0 Å². The van der Waals surface area contributed by atoms with Crippen LogP contribution in [0.15, 0.2) is 54.6 Å². The Bertz CT molecular complexity index is 701. The van der Waals surface area contributed by atoms with Gasteiger partial charge in [0, 0.05) is 25.1 Å². The van der Waals surface area contributed by atoms with Crippen molar-refractivity contribution in [2.24, 2.45) is 5.92 Å². The van der Waals surface area contributed by atoms with E-state index in [1.807, 2.05) is 59.5 Å². The lowest BCUT2D eigenvalue weighted by atomic mass is 9.93. The number of carboxylic acids is 1. The van der Waals surface area contributed by atoms with Crippen LogP contribution in [0.4, 0.5) is 0 Å². The van der Waals surface area contributed by atoms with E-state index in [0.29, 0.717) is 18.7 Å². The van der Waals surface area contributed by atoms with Crippen molar-refractivity contribution in [1.29, 1.82) is 0 Å². The SMILES string of the molecule is O=C(O)CC1CCN(C(=O)c2ccc(-c3ccccc3)cc2)CC1. The van der Waals surface area contributed by atoms with Gasteiger partial charge in [-0.3, -0.25) is 9.59 Å². The van der Waals surface area contributed by atoms with Gasteiger partial charge in [0.2, 0.25) is 0 Å². The first-order valence-electron chi connectivity index (χ1n) is 8.30. The highest BCUT2D eigenvalue weighted by Crippen LogP contribution is 2.23. The molecule has 0 unspecified atom stereocenters. The van der Waals surface area contributed by atoms with Gasteiger partial charge < -0.3 is 10.0 Å². The molecule has 0 aliphatic carbocycles. The molecular weight excluding hydrogens is 302 g/mol. The van der Waals surface area contributed by atoms with Crippen molar-refractivity contribution in [3.63, 3.8) is 0 Å². The third kappa shape index (κ3) is 3.82. The van der Waals surface area contributed by atoms with Crippen molar-refractivity contribution in [3.05, 3.63) is 60.2 Å². The van der Waals surface area contributed by atoms with E-state index >= 15 is 0 Å². The molecule has 2 aromatic carbocycles. The summed E-state index contributed by atoms with van der Waals surface area (Å²) >= 11 is 0. The average Bonchev–Trinajstić information content (AvgIpc) is 2.62. The summed E-state index contributed by atoms with van der Waals surface area (Å²) in [5.41, 5.74) is 2.91. The molecule has 2 aromatic rings. The Kier molecular flexibility index (Phi) is 4.94. The van der Waals surface area contributed by atoms with E-state index in [1.165, 1.54) is 0 Å². The third-order valence-corrected chi connectivity index (χ3v) is 4.60. The number of likely N-dealkylation sites (tertiary alicyclic amines) is 1. The number of aliphatic carboxylic acids is 1. The van der Waals surface area contributed by atoms with Crippen LogP contribution in [0.1, 0.15) is 29.6 Å². The molecule has 1 saturated heterocycles. The number of hydrogen-bond donors (Lipinski definition) is 1. The number of rotatable bonds is 4. The Morgan fingerprint density at radius 2 is 1.50 bits per heavy atom. The fourth-order valence-corrected chi connectivity index (χ4v) is 3.21. The molecule has 1 amide bonds. The van der Waals surface area contributed by atoms with Crippen molar-refractivity contribution in [3.8, 4) is 11.1 Å². The number of benzene rings is 2. The minimum atomic E-state index is -0.753. The second-order valence-electron chi connectivity index (χ2n) is 6.28. The zero-order chi connectivity index (χ0) is 16.9. The number of hydrogen-bond acceptors (Lipinski definition) is 2. The van der Waals surface area contributed by atoms with Crippen LogP contribution in [0.2, 0.25) is 0 Å². The number of amides is 1. The number of nitrogens with zero attached hydrogens (tertiary/aromatic N) is 1. The lowest BCUT2D eigenvalue weighted by Gasteiger charge is -2.31. The van der Waals surface area contributed by atoms with Crippen LogP contribution < -0.4 is 0 Å². The van der Waals surface area contributed by atoms with E-state index in [2.05, 4.69) is 0 Å². The van der Waals surface area contributed by atoms with Crippen LogP contribution in [0.3, 0.4) is 0 Å². The van der Waals surface area contributed by atoms with Gasteiger partial charge in [0.25, 0.3) is 5.91 Å². The molecule has 1 aliphatic rings. The molecule has 3 rings (SSSR count). The van der Waals surface area contributed by atoms with Crippen molar-refractivity contribution in [2.45, 2.75) is 19.3 Å². The first kappa shape index (κ1) is 16.2. The van der Waals surface area contributed by atoms with E-state index in [9.17, 15) is 9.59 Å². The lowest BCUT2D eigenvalue weighted by Crippen LogP contribution is -2.38. The van der Waals surface area contributed by atoms with E-state index < -0.39 is 5.97 Å². The molecule has 0 saturated carbocycles. The van der Waals surface area contributed by atoms with Crippen LogP contribution >= 0.6 is 0 Å². The summed E-state index contributed by atoms with van der Waals surface area (Å²) in [6.45, 7) is 1.27. The molecule has 0 atom stereocenters. The van der Waals surface area contributed by atoms with Crippen molar-refractivity contribution in [2.75, 3.05) is 13.1 Å². The molecule has 4 heteroatoms. The van der Waals surface area contributed by atoms with Gasteiger partial charge in [0.15, 0.2) is 0 Å². The highest BCUT2D eigenvalue weighted by molar-refractivity contribution is 5.94. The predicted molar refractivity (Wildman–Crippen MR) is 92.8 cm³/mol. The first-order valence-corrected chi connectivity index (χ1v) is 8.30. The number of piperidine rings is 1. The minimum absolute atomic E-state index is 0.0309. The Morgan fingerprint density at radius 3 is 2.08 bits per heavy atom. The van der Waals surface area contributed by atoms with Gasteiger partial charge in [0.1, 0.15) is 0 Å². The van der Waals surface area contributed by atoms with Gasteiger partial charge in [-0.1, -0.05) is 42.5 Å². The molecule has 0 spiro atoms. The Balaban J connectivity index is 1.63. The second kappa shape index (κ2) is 7.30. The molecular formula is C20H21NO3. The van der Waals surface area contributed by atoms with Crippen molar-refractivity contribution < 1.29 is 14.7 Å². The molecule has 124 valence electrons. The topological polar surface area (TPSA) is 57.6 Å². The molecule has 1 heterocycles. The maximum Gasteiger partial charge on any atom is 0.303 e. The lowest BCUT2D eigenvalue weighted by molar-refractivity contribution is -0.138. The Labute approximate surface area is 141 Å². The van der Waals surface area contributed by atoms with Crippen LogP contribution in [-0.4, -0.2) is 35.0 Å². The Morgan fingerprint density at radius 1 is 0.917 bits per heavy atom. The van der Waals surface area contributed by atoms with Gasteiger partial charge in [-0.25, -0.2) is 0 Å². The van der Waals surface area contributed by atoms with Crippen molar-refractivity contribution in [1.82, 2.24) is 4.90 Å². The average molecular weight is 323 g/mol. The fraction of sp³-hybridized carbons (Fsp3) is 0.300. The summed E-state index contributed by atoms with van der Waals surface area (Å²) in [7, 11) is 0. The minimum Gasteiger partial charge on any atom is -0.481 e. The summed E-state index contributed by atoms with van der Waals surface area (Å²) in [6.07, 6.45) is 1.73. The van der Waals surface area contributed by atoms with Gasteiger partial charge in [-0.15, -0.1) is 0 Å².